The number of halogens is 1. The molecule has 0 aromatic heterocycles. The first-order valence-corrected chi connectivity index (χ1v) is 11.8. The zero-order valence-electron chi connectivity index (χ0n) is 19.9. The summed E-state index contributed by atoms with van der Waals surface area (Å²) < 4.78 is 49.2. The van der Waals surface area contributed by atoms with Crippen LogP contribution in [-0.4, -0.2) is 64.1 Å². The highest BCUT2D eigenvalue weighted by Crippen LogP contribution is 2.24. The Morgan fingerprint density at radius 1 is 1.09 bits per heavy atom. The Hall–Kier alpha value is -2.85. The molecule has 0 aliphatic heterocycles. The lowest BCUT2D eigenvalue weighted by Crippen LogP contribution is -2.49. The van der Waals surface area contributed by atoms with E-state index in [0.29, 0.717) is 18.7 Å². The Bertz CT molecular complexity index is 1070. The molecule has 0 heterocycles. The van der Waals surface area contributed by atoms with E-state index in [1.54, 1.807) is 23.1 Å². The van der Waals surface area contributed by atoms with Crippen LogP contribution < -0.4 is 14.2 Å². The van der Waals surface area contributed by atoms with Crippen LogP contribution in [0.3, 0.4) is 0 Å². The summed E-state index contributed by atoms with van der Waals surface area (Å²) in [6.45, 7) is 7.09. The molecule has 0 spiro atoms. The van der Waals surface area contributed by atoms with Crippen LogP contribution in [-0.2, 0) is 16.7 Å². The number of ether oxygens (including phenoxy) is 1. The van der Waals surface area contributed by atoms with Crippen molar-refractivity contribution in [3.8, 4) is 11.5 Å². The molecular weight excluding hydrogens is 449 g/mol. The Labute approximate surface area is 195 Å². The van der Waals surface area contributed by atoms with Gasteiger partial charge in [-0.25, -0.2) is 9.18 Å². The molecule has 2 aromatic rings. The second-order valence-corrected chi connectivity index (χ2v) is 10.4. The number of benzene rings is 2. The third-order valence-electron chi connectivity index (χ3n) is 4.48. The minimum Gasteiger partial charge on any atom is -0.494 e. The van der Waals surface area contributed by atoms with Crippen LogP contribution in [0.1, 0.15) is 26.3 Å². The van der Waals surface area contributed by atoms with Gasteiger partial charge in [0.05, 0.1) is 7.11 Å². The van der Waals surface area contributed by atoms with Gasteiger partial charge in [-0.1, -0.05) is 12.1 Å². The summed E-state index contributed by atoms with van der Waals surface area (Å²) >= 11 is 0. The highest BCUT2D eigenvalue weighted by molar-refractivity contribution is 7.87. The van der Waals surface area contributed by atoms with Crippen LogP contribution in [0.15, 0.2) is 47.4 Å². The molecule has 1 N–H and O–H groups in total. The molecule has 0 aliphatic rings. The van der Waals surface area contributed by atoms with Crippen LogP contribution in [0.25, 0.3) is 0 Å². The number of carbonyl (C=O) groups is 1. The summed E-state index contributed by atoms with van der Waals surface area (Å²) in [6, 6.07) is 9.50. The Morgan fingerprint density at radius 2 is 1.79 bits per heavy atom. The van der Waals surface area contributed by atoms with E-state index in [4.69, 9.17) is 8.92 Å². The number of methoxy groups -OCH3 is 1. The topological polar surface area (TPSA) is 88.2 Å². The first-order valence-electron chi connectivity index (χ1n) is 10.4. The number of nitrogens with zero attached hydrogens (tertiary/aromatic N) is 2. The largest absolute Gasteiger partial charge is 0.494 e. The van der Waals surface area contributed by atoms with Crippen molar-refractivity contribution < 1.29 is 26.5 Å². The summed E-state index contributed by atoms with van der Waals surface area (Å²) in [5, 5.41) is 2.95. The van der Waals surface area contributed by atoms with Crippen LogP contribution in [0.5, 0.6) is 11.5 Å². The van der Waals surface area contributed by atoms with Crippen molar-refractivity contribution in [1.82, 2.24) is 15.1 Å². The van der Waals surface area contributed by atoms with Gasteiger partial charge in [0, 0.05) is 25.2 Å². The van der Waals surface area contributed by atoms with Gasteiger partial charge in [-0.3, -0.25) is 0 Å². The van der Waals surface area contributed by atoms with Gasteiger partial charge in [-0.05, 0) is 70.8 Å². The average Bonchev–Trinajstić information content (AvgIpc) is 2.69. The minimum atomic E-state index is -4.26. The molecule has 0 unspecified atom stereocenters. The molecule has 0 fully saturated rings. The predicted molar refractivity (Wildman–Crippen MR) is 124 cm³/mol. The third kappa shape index (κ3) is 8.21. The number of rotatable bonds is 9. The number of carbonyl (C=O) groups excluding carboxylic acids is 1. The van der Waals surface area contributed by atoms with Crippen molar-refractivity contribution in [1.29, 1.82) is 0 Å². The van der Waals surface area contributed by atoms with Gasteiger partial charge in [0.15, 0.2) is 11.6 Å². The molecule has 0 saturated carbocycles. The van der Waals surface area contributed by atoms with Crippen molar-refractivity contribution in [2.24, 2.45) is 0 Å². The lowest BCUT2D eigenvalue weighted by molar-refractivity contribution is 0.180. The van der Waals surface area contributed by atoms with Gasteiger partial charge in [0.25, 0.3) is 0 Å². The molecular formula is C23H32FN3O5S. The van der Waals surface area contributed by atoms with E-state index in [-0.39, 0.29) is 29.0 Å². The van der Waals surface area contributed by atoms with E-state index < -0.39 is 21.5 Å². The minimum absolute atomic E-state index is 0.0625. The number of nitrogens with one attached hydrogen (secondary N) is 1. The van der Waals surface area contributed by atoms with Crippen molar-refractivity contribution >= 4 is 16.1 Å². The number of likely N-dealkylation sites (N-methyl/N-ethyl adjacent to an activating group) is 1. The van der Waals surface area contributed by atoms with E-state index in [1.165, 1.54) is 25.3 Å². The smallest absolute Gasteiger partial charge is 0.339 e. The van der Waals surface area contributed by atoms with Gasteiger partial charge >= 0.3 is 16.1 Å². The molecule has 2 aromatic carbocycles. The number of hydrogen-bond donors (Lipinski definition) is 1. The predicted octanol–water partition coefficient (Wildman–Crippen LogP) is 3.47. The maximum absolute atomic E-state index is 14.0. The molecule has 0 saturated heterocycles. The lowest BCUT2D eigenvalue weighted by atomic mass is 10.1. The highest BCUT2D eigenvalue weighted by atomic mass is 32.2. The van der Waals surface area contributed by atoms with Gasteiger partial charge in [-0.2, -0.15) is 8.42 Å². The summed E-state index contributed by atoms with van der Waals surface area (Å²) in [4.78, 5) is 16.1. The number of hydrogen-bond acceptors (Lipinski definition) is 6. The maximum Gasteiger partial charge on any atom is 0.339 e. The fraction of sp³-hybridized carbons (Fsp3) is 0.435. The SMILES string of the molecule is COc1ccc(S(=O)(=O)Oc2cccc(CN(CCN(C)C)C(=O)NC(C)(C)C)c2)cc1F. The fourth-order valence-electron chi connectivity index (χ4n) is 2.87. The molecule has 2 amide bonds. The van der Waals surface area contributed by atoms with Gasteiger partial charge in [0.1, 0.15) is 10.6 Å². The Morgan fingerprint density at radius 3 is 2.36 bits per heavy atom. The Balaban J connectivity index is 2.22. The van der Waals surface area contributed by atoms with E-state index in [2.05, 4.69) is 5.32 Å². The molecule has 0 aliphatic carbocycles. The van der Waals surface area contributed by atoms with Gasteiger partial charge < -0.3 is 24.0 Å². The maximum atomic E-state index is 14.0. The lowest BCUT2D eigenvalue weighted by Gasteiger charge is -2.29. The van der Waals surface area contributed by atoms with E-state index in [0.717, 1.165) is 6.07 Å². The van der Waals surface area contributed by atoms with Crippen molar-refractivity contribution in [2.75, 3.05) is 34.3 Å². The molecule has 8 nitrogen and oxygen atoms in total. The highest BCUT2D eigenvalue weighted by Gasteiger charge is 2.22. The molecule has 0 atom stereocenters. The molecule has 0 radical (unpaired) electrons. The summed E-state index contributed by atoms with van der Waals surface area (Å²) in [6.07, 6.45) is 0. The molecule has 0 bridgehead atoms. The van der Waals surface area contributed by atoms with Crippen LogP contribution in [0, 0.1) is 5.82 Å². The van der Waals surface area contributed by atoms with Crippen LogP contribution in [0.2, 0.25) is 0 Å². The zero-order chi connectivity index (χ0) is 24.8. The van der Waals surface area contributed by atoms with E-state index in [9.17, 15) is 17.6 Å². The second-order valence-electron chi connectivity index (χ2n) is 8.89. The average molecular weight is 482 g/mol. The van der Waals surface area contributed by atoms with Crippen molar-refractivity contribution in [3.05, 3.63) is 53.8 Å². The number of urea groups is 1. The summed E-state index contributed by atoms with van der Waals surface area (Å²) in [7, 11) is 0.863. The normalized spacial score (nSPS) is 11.9. The quantitative estimate of drug-likeness (QED) is 0.552. The summed E-state index contributed by atoms with van der Waals surface area (Å²) in [5.41, 5.74) is 0.284. The monoisotopic (exact) mass is 481 g/mol. The van der Waals surface area contributed by atoms with Gasteiger partial charge in [-0.15, -0.1) is 0 Å². The van der Waals surface area contributed by atoms with Crippen LogP contribution >= 0.6 is 0 Å². The van der Waals surface area contributed by atoms with Crippen molar-refractivity contribution in [2.45, 2.75) is 37.8 Å². The van der Waals surface area contributed by atoms with E-state index >= 15 is 0 Å². The summed E-state index contributed by atoms with van der Waals surface area (Å²) in [5.74, 6) is -0.813. The standard InChI is InChI=1S/C23H32FN3O5S/c1-23(2,3)25-22(28)27(13-12-26(4)5)16-17-8-7-9-18(14-17)32-33(29,30)19-10-11-21(31-6)20(24)15-19/h7-11,14-15H,12-13,16H2,1-6H3,(H,25,28). The second kappa shape index (κ2) is 10.8. The fourth-order valence-corrected chi connectivity index (χ4v) is 3.80. The Kier molecular flexibility index (Phi) is 8.68. The van der Waals surface area contributed by atoms with E-state index in [1.807, 2.05) is 39.8 Å². The van der Waals surface area contributed by atoms with Crippen LogP contribution in [0.4, 0.5) is 9.18 Å². The zero-order valence-corrected chi connectivity index (χ0v) is 20.7. The molecule has 33 heavy (non-hydrogen) atoms. The number of amides is 2. The molecule has 182 valence electrons. The molecule has 10 heteroatoms. The van der Waals surface area contributed by atoms with Crippen molar-refractivity contribution in [3.63, 3.8) is 0 Å². The van der Waals surface area contributed by atoms with Gasteiger partial charge in [0.2, 0.25) is 0 Å². The first-order chi connectivity index (χ1) is 15.3. The molecule has 2 rings (SSSR count). The first kappa shape index (κ1) is 26.4. The third-order valence-corrected chi connectivity index (χ3v) is 5.72.